The Morgan fingerprint density at radius 3 is 2.61 bits per heavy atom. The van der Waals surface area contributed by atoms with Crippen molar-refractivity contribution in [1.29, 1.82) is 0 Å². The van der Waals surface area contributed by atoms with Crippen molar-refractivity contribution in [2.24, 2.45) is 5.92 Å². The van der Waals surface area contributed by atoms with E-state index in [9.17, 15) is 15.0 Å². The average Bonchev–Trinajstić information content (AvgIpc) is 2.82. The van der Waals surface area contributed by atoms with Crippen molar-refractivity contribution >= 4 is 41.1 Å². The van der Waals surface area contributed by atoms with Crippen LogP contribution in [0.4, 0.5) is 5.69 Å². The number of thiocarbonyl (C=S) groups is 1. The van der Waals surface area contributed by atoms with E-state index in [0.29, 0.717) is 51.5 Å². The highest BCUT2D eigenvalue weighted by molar-refractivity contribution is 7.80. The molecule has 8 heteroatoms. The predicted molar refractivity (Wildman–Crippen MR) is 144 cm³/mol. The van der Waals surface area contributed by atoms with Crippen LogP contribution in [0.3, 0.4) is 0 Å². The molecule has 0 saturated heterocycles. The highest BCUT2D eigenvalue weighted by Crippen LogP contribution is 2.39. The highest BCUT2D eigenvalue weighted by Gasteiger charge is 2.24. The number of aromatic hydroxyl groups is 1. The summed E-state index contributed by atoms with van der Waals surface area (Å²) in [6.07, 6.45) is 0.955. The number of hydrogen-bond donors (Lipinski definition) is 4. The topological polar surface area (TPSA) is 100 Å². The summed E-state index contributed by atoms with van der Waals surface area (Å²) in [5, 5.41) is 27.9. The number of anilines is 1. The lowest BCUT2D eigenvalue weighted by molar-refractivity contribution is 0.0696. The van der Waals surface area contributed by atoms with E-state index in [0.717, 1.165) is 16.9 Å². The van der Waals surface area contributed by atoms with Gasteiger partial charge in [0.15, 0.2) is 5.11 Å². The van der Waals surface area contributed by atoms with E-state index in [1.54, 1.807) is 36.4 Å². The standard InChI is InChI=1S/C28H28N2O5S/c1-16(2)10-11-34-15-29-28(36)30-18-5-8-20(23(13-18)27(32)33)26-21-7-4-17(3)12-24(21)35-25-14-19(31)6-9-22(25)26/h4-9,12-14,16,31H,3,10-11,15H2,1-2H3,(H,32,33)(H2,29,30,36). The van der Waals surface area contributed by atoms with Gasteiger partial charge in [0.2, 0.25) is 0 Å². The molecule has 0 atom stereocenters. The number of nitrogens with one attached hydrogen (secondary N) is 2. The lowest BCUT2D eigenvalue weighted by atomic mass is 9.89. The Morgan fingerprint density at radius 2 is 1.86 bits per heavy atom. The van der Waals surface area contributed by atoms with Crippen molar-refractivity contribution in [3.8, 4) is 17.2 Å². The second kappa shape index (κ2) is 10.8. The number of rotatable bonds is 8. The Labute approximate surface area is 214 Å². The molecular formula is C28H28N2O5S. The van der Waals surface area contributed by atoms with E-state index in [4.69, 9.17) is 21.7 Å². The first-order valence-electron chi connectivity index (χ1n) is 11.6. The maximum absolute atomic E-state index is 12.3. The molecule has 186 valence electrons. The molecule has 0 saturated carbocycles. The molecule has 7 nitrogen and oxygen atoms in total. The van der Waals surface area contributed by atoms with Gasteiger partial charge in [0.05, 0.1) is 5.56 Å². The summed E-state index contributed by atoms with van der Waals surface area (Å²) < 4.78 is 11.5. The molecule has 0 aromatic heterocycles. The van der Waals surface area contributed by atoms with Crippen LogP contribution in [0.1, 0.15) is 41.8 Å². The number of carbonyl (C=O) groups is 1. The Bertz CT molecular complexity index is 1430. The molecule has 0 fully saturated rings. The summed E-state index contributed by atoms with van der Waals surface area (Å²) >= 11 is 5.33. The minimum absolute atomic E-state index is 0.0505. The molecule has 1 aliphatic rings. The fourth-order valence-electron chi connectivity index (χ4n) is 3.91. The van der Waals surface area contributed by atoms with Gasteiger partial charge in [-0.3, -0.25) is 0 Å². The van der Waals surface area contributed by atoms with Crippen LogP contribution in [-0.2, 0) is 4.74 Å². The molecule has 0 radical (unpaired) electrons. The van der Waals surface area contributed by atoms with Gasteiger partial charge in [-0.2, -0.15) is 0 Å². The molecule has 4 rings (SSSR count). The van der Waals surface area contributed by atoms with E-state index in [-0.39, 0.29) is 18.0 Å². The number of phenols is 1. The van der Waals surface area contributed by atoms with E-state index >= 15 is 0 Å². The molecule has 0 aliphatic carbocycles. The Balaban J connectivity index is 1.68. The van der Waals surface area contributed by atoms with Crippen molar-refractivity contribution in [3.63, 3.8) is 0 Å². The van der Waals surface area contributed by atoms with Crippen LogP contribution >= 0.6 is 12.2 Å². The molecule has 0 spiro atoms. The SMILES string of the molecule is C=c1ccc2c(c1)Oc1cc(O)ccc1C=2c1ccc(NC(=S)NCOCCC(C)C)cc1C(=O)O. The summed E-state index contributed by atoms with van der Waals surface area (Å²) in [7, 11) is 0. The van der Waals surface area contributed by atoms with Gasteiger partial charge >= 0.3 is 5.97 Å². The van der Waals surface area contributed by atoms with E-state index in [1.807, 2.05) is 12.1 Å². The molecule has 1 aliphatic heterocycles. The fourth-order valence-corrected chi connectivity index (χ4v) is 4.09. The third-order valence-corrected chi connectivity index (χ3v) is 5.97. The van der Waals surface area contributed by atoms with Crippen LogP contribution in [-0.4, -0.2) is 34.6 Å². The third kappa shape index (κ3) is 5.67. The number of fused-ring (bicyclic) bond motifs is 2. The smallest absolute Gasteiger partial charge is 0.336 e. The number of ether oxygens (including phenoxy) is 2. The third-order valence-electron chi connectivity index (χ3n) is 5.72. The van der Waals surface area contributed by atoms with Crippen molar-refractivity contribution in [3.05, 3.63) is 81.7 Å². The van der Waals surface area contributed by atoms with Gasteiger partial charge in [-0.1, -0.05) is 38.6 Å². The molecule has 3 aromatic rings. The summed E-state index contributed by atoms with van der Waals surface area (Å²) in [5.41, 5.74) is 2.50. The van der Waals surface area contributed by atoms with Gasteiger partial charge in [-0.05, 0) is 65.7 Å². The maximum atomic E-state index is 12.3. The van der Waals surface area contributed by atoms with Gasteiger partial charge in [0.25, 0.3) is 0 Å². The molecule has 0 amide bonds. The minimum Gasteiger partial charge on any atom is -0.508 e. The van der Waals surface area contributed by atoms with Crippen LogP contribution in [0.5, 0.6) is 17.2 Å². The summed E-state index contributed by atoms with van der Waals surface area (Å²) in [4.78, 5) is 12.3. The van der Waals surface area contributed by atoms with Crippen molar-refractivity contribution in [2.75, 3.05) is 18.7 Å². The summed E-state index contributed by atoms with van der Waals surface area (Å²) in [6, 6.07) is 15.3. The second-order valence-corrected chi connectivity index (χ2v) is 9.33. The van der Waals surface area contributed by atoms with E-state index in [2.05, 4.69) is 31.1 Å². The van der Waals surface area contributed by atoms with Crippen LogP contribution in [0.25, 0.3) is 12.2 Å². The zero-order chi connectivity index (χ0) is 25.8. The van der Waals surface area contributed by atoms with Gasteiger partial charge < -0.3 is 30.3 Å². The number of phenolic OH excluding ortho intramolecular Hbond substituents is 1. The van der Waals surface area contributed by atoms with Crippen LogP contribution in [0, 0.1) is 5.92 Å². The first-order valence-corrected chi connectivity index (χ1v) is 12.0. The zero-order valence-electron chi connectivity index (χ0n) is 20.1. The van der Waals surface area contributed by atoms with Crippen molar-refractivity contribution in [2.45, 2.75) is 20.3 Å². The normalized spacial score (nSPS) is 11.9. The van der Waals surface area contributed by atoms with Crippen LogP contribution in [0.15, 0.2) is 54.6 Å². The molecule has 0 unspecified atom stereocenters. The Hall–Kier alpha value is -3.88. The molecule has 3 aromatic carbocycles. The summed E-state index contributed by atoms with van der Waals surface area (Å²) in [6.45, 7) is 9.10. The monoisotopic (exact) mass is 504 g/mol. The molecule has 1 heterocycles. The highest BCUT2D eigenvalue weighted by atomic mass is 32.1. The van der Waals surface area contributed by atoms with E-state index < -0.39 is 5.97 Å². The molecule has 36 heavy (non-hydrogen) atoms. The average molecular weight is 505 g/mol. The predicted octanol–water partition coefficient (Wildman–Crippen LogP) is 4.16. The van der Waals surface area contributed by atoms with Crippen LogP contribution < -0.4 is 25.8 Å². The number of carboxylic acid groups (broad SMARTS) is 1. The van der Waals surface area contributed by atoms with Gasteiger partial charge in [-0.25, -0.2) is 4.79 Å². The fraction of sp³-hybridized carbons (Fsp3) is 0.214. The van der Waals surface area contributed by atoms with Crippen LogP contribution in [0.2, 0.25) is 0 Å². The molecular weight excluding hydrogens is 476 g/mol. The zero-order valence-corrected chi connectivity index (χ0v) is 20.9. The number of benzene rings is 3. The van der Waals surface area contributed by atoms with E-state index in [1.165, 1.54) is 6.07 Å². The van der Waals surface area contributed by atoms with Crippen molar-refractivity contribution < 1.29 is 24.5 Å². The molecule has 4 N–H and O–H groups in total. The number of carboxylic acids is 1. The first-order chi connectivity index (χ1) is 17.2. The van der Waals surface area contributed by atoms with Gasteiger partial charge in [0, 0.05) is 34.7 Å². The van der Waals surface area contributed by atoms with Gasteiger partial charge in [0.1, 0.15) is 24.0 Å². The first kappa shape index (κ1) is 25.2. The second-order valence-electron chi connectivity index (χ2n) is 8.92. The number of aromatic carboxylic acids is 1. The largest absolute Gasteiger partial charge is 0.508 e. The Kier molecular flexibility index (Phi) is 7.57. The Morgan fingerprint density at radius 1 is 1.08 bits per heavy atom. The number of hydrogen-bond acceptors (Lipinski definition) is 5. The lowest BCUT2D eigenvalue weighted by Gasteiger charge is -2.22. The quantitative estimate of drug-likeness (QED) is 0.161. The lowest BCUT2D eigenvalue weighted by Crippen LogP contribution is -2.30. The van der Waals surface area contributed by atoms with Crippen molar-refractivity contribution in [1.82, 2.24) is 5.32 Å². The molecule has 0 bridgehead atoms. The van der Waals surface area contributed by atoms with Gasteiger partial charge in [-0.15, -0.1) is 0 Å². The summed E-state index contributed by atoms with van der Waals surface area (Å²) in [5.74, 6) is 0.497. The minimum atomic E-state index is -1.08. The maximum Gasteiger partial charge on any atom is 0.336 e.